The second-order valence-corrected chi connectivity index (χ2v) is 6.37. The Morgan fingerprint density at radius 1 is 1.21 bits per heavy atom. The number of alkyl halides is 4. The third-order valence-electron chi connectivity index (χ3n) is 3.85. The Labute approximate surface area is 165 Å². The first-order valence-corrected chi connectivity index (χ1v) is 8.65. The van der Waals surface area contributed by atoms with Gasteiger partial charge in [-0.1, -0.05) is 0 Å². The van der Waals surface area contributed by atoms with E-state index >= 15 is 0 Å². The van der Waals surface area contributed by atoms with Gasteiger partial charge in [0, 0.05) is 49.1 Å². The maximum atomic E-state index is 12.7. The van der Waals surface area contributed by atoms with Gasteiger partial charge in [0.1, 0.15) is 11.5 Å². The topological polar surface area (TPSA) is 56.6 Å². The number of nitrogens with zero attached hydrogens (tertiary/aromatic N) is 3. The fraction of sp³-hybridized carbons (Fsp3) is 0.368. The minimum Gasteiger partial charge on any atom is -0.435 e. The number of ether oxygens (including phenoxy) is 2. The first kappa shape index (κ1) is 22.3. The monoisotopic (exact) mass is 415 g/mol. The van der Waals surface area contributed by atoms with E-state index in [9.17, 15) is 22.4 Å². The van der Waals surface area contributed by atoms with Crippen LogP contribution < -0.4 is 9.47 Å². The molecule has 0 aliphatic heterocycles. The molecule has 0 aliphatic carbocycles. The number of carbonyl (C=O) groups excluding carboxylic acids is 1. The van der Waals surface area contributed by atoms with Crippen LogP contribution in [0.25, 0.3) is 6.08 Å². The van der Waals surface area contributed by atoms with Crippen molar-refractivity contribution in [3.05, 3.63) is 47.8 Å². The number of amides is 1. The first-order chi connectivity index (χ1) is 13.7. The lowest BCUT2D eigenvalue weighted by Gasteiger charge is -2.25. The highest BCUT2D eigenvalue weighted by Gasteiger charge is 2.17. The van der Waals surface area contributed by atoms with Gasteiger partial charge < -0.3 is 14.4 Å². The molecule has 0 atom stereocenters. The fourth-order valence-corrected chi connectivity index (χ4v) is 2.55. The molecule has 10 heteroatoms. The van der Waals surface area contributed by atoms with E-state index in [1.54, 1.807) is 29.0 Å². The summed E-state index contributed by atoms with van der Waals surface area (Å²) in [5.41, 5.74) is 0.948. The lowest BCUT2D eigenvalue weighted by Crippen LogP contribution is -2.35. The molecule has 2 aromatic rings. The van der Waals surface area contributed by atoms with E-state index in [1.807, 2.05) is 13.8 Å². The summed E-state index contributed by atoms with van der Waals surface area (Å²) in [6, 6.07) is 3.20. The molecule has 0 N–H and O–H groups in total. The summed E-state index contributed by atoms with van der Waals surface area (Å²) in [6.07, 6.45) is 5.91. The molecule has 0 spiro atoms. The smallest absolute Gasteiger partial charge is 0.387 e. The molecule has 0 radical (unpaired) electrons. The Bertz CT molecular complexity index is 853. The largest absolute Gasteiger partial charge is 0.435 e. The summed E-state index contributed by atoms with van der Waals surface area (Å²) < 4.78 is 60.1. The first-order valence-electron chi connectivity index (χ1n) is 8.65. The SMILES string of the molecule is CC(C)N(Cc1cnn(C)c1)C(=O)/C=C/c1ccc(OC(F)F)cc1OC(F)F. The van der Waals surface area contributed by atoms with Gasteiger partial charge >= 0.3 is 13.2 Å². The van der Waals surface area contributed by atoms with Gasteiger partial charge in [0.25, 0.3) is 0 Å². The number of aryl methyl sites for hydroxylation is 1. The molecular weight excluding hydrogens is 394 g/mol. The van der Waals surface area contributed by atoms with E-state index in [-0.39, 0.29) is 29.0 Å². The molecule has 2 rings (SSSR count). The molecule has 1 heterocycles. The molecule has 0 saturated carbocycles. The van der Waals surface area contributed by atoms with Crippen LogP contribution >= 0.6 is 0 Å². The van der Waals surface area contributed by atoms with E-state index in [4.69, 9.17) is 0 Å². The third kappa shape index (κ3) is 6.81. The quantitative estimate of drug-likeness (QED) is 0.458. The normalized spacial score (nSPS) is 11.7. The molecular formula is C19H21F4N3O3. The zero-order chi connectivity index (χ0) is 21.6. The molecule has 0 unspecified atom stereocenters. The molecule has 1 aromatic heterocycles. The van der Waals surface area contributed by atoms with Gasteiger partial charge in [-0.05, 0) is 32.1 Å². The van der Waals surface area contributed by atoms with Crippen LogP contribution in [0.2, 0.25) is 0 Å². The molecule has 0 bridgehead atoms. The number of hydrogen-bond acceptors (Lipinski definition) is 4. The number of halogens is 4. The Balaban J connectivity index is 2.21. The lowest BCUT2D eigenvalue weighted by molar-refractivity contribution is -0.128. The van der Waals surface area contributed by atoms with Crippen molar-refractivity contribution < 1.29 is 31.8 Å². The van der Waals surface area contributed by atoms with Crippen LogP contribution in [0.5, 0.6) is 11.5 Å². The summed E-state index contributed by atoms with van der Waals surface area (Å²) in [7, 11) is 1.76. The third-order valence-corrected chi connectivity index (χ3v) is 3.85. The number of carbonyl (C=O) groups is 1. The van der Waals surface area contributed by atoms with Gasteiger partial charge in [-0.3, -0.25) is 9.48 Å². The number of hydrogen-bond donors (Lipinski definition) is 0. The second-order valence-electron chi connectivity index (χ2n) is 6.37. The zero-order valence-electron chi connectivity index (χ0n) is 16.1. The average Bonchev–Trinajstić information content (AvgIpc) is 3.02. The zero-order valence-corrected chi connectivity index (χ0v) is 16.1. The van der Waals surface area contributed by atoms with Crippen LogP contribution in [0, 0.1) is 0 Å². The molecule has 158 valence electrons. The van der Waals surface area contributed by atoms with E-state index in [0.717, 1.165) is 11.6 Å². The number of aromatic nitrogens is 2. The molecule has 0 saturated heterocycles. The van der Waals surface area contributed by atoms with Gasteiger partial charge in [0.2, 0.25) is 5.91 Å². The number of rotatable bonds is 9. The summed E-state index contributed by atoms with van der Waals surface area (Å²) in [5.74, 6) is -1.08. The van der Waals surface area contributed by atoms with Crippen molar-refractivity contribution in [2.24, 2.45) is 7.05 Å². The van der Waals surface area contributed by atoms with Crippen LogP contribution in [0.3, 0.4) is 0 Å². The summed E-state index contributed by atoms with van der Waals surface area (Å²) in [4.78, 5) is 14.2. The van der Waals surface area contributed by atoms with E-state index < -0.39 is 13.2 Å². The van der Waals surface area contributed by atoms with E-state index in [2.05, 4.69) is 14.6 Å². The van der Waals surface area contributed by atoms with Gasteiger partial charge in [-0.15, -0.1) is 0 Å². The summed E-state index contributed by atoms with van der Waals surface area (Å²) in [5, 5.41) is 4.06. The Kier molecular flexibility index (Phi) is 7.63. The van der Waals surface area contributed by atoms with Crippen LogP contribution in [0.1, 0.15) is 25.0 Å². The summed E-state index contributed by atoms with van der Waals surface area (Å²) >= 11 is 0. The van der Waals surface area contributed by atoms with Crippen molar-refractivity contribution in [1.29, 1.82) is 0 Å². The second kappa shape index (κ2) is 9.94. The number of benzene rings is 1. The van der Waals surface area contributed by atoms with Crippen molar-refractivity contribution in [3.8, 4) is 11.5 Å². The minimum absolute atomic E-state index is 0.116. The van der Waals surface area contributed by atoms with E-state index in [1.165, 1.54) is 24.3 Å². The molecule has 6 nitrogen and oxygen atoms in total. The van der Waals surface area contributed by atoms with E-state index in [0.29, 0.717) is 6.54 Å². The molecule has 29 heavy (non-hydrogen) atoms. The van der Waals surface area contributed by atoms with Gasteiger partial charge in [0.15, 0.2) is 0 Å². The van der Waals surface area contributed by atoms with Crippen LogP contribution in [0.4, 0.5) is 17.6 Å². The van der Waals surface area contributed by atoms with Crippen molar-refractivity contribution in [2.45, 2.75) is 39.7 Å². The van der Waals surface area contributed by atoms with Gasteiger partial charge in [-0.25, -0.2) is 0 Å². The van der Waals surface area contributed by atoms with Gasteiger partial charge in [0.05, 0.1) is 6.20 Å². The predicted molar refractivity (Wildman–Crippen MR) is 97.6 cm³/mol. The molecule has 1 aromatic carbocycles. The highest BCUT2D eigenvalue weighted by atomic mass is 19.3. The van der Waals surface area contributed by atoms with Crippen molar-refractivity contribution in [2.75, 3.05) is 0 Å². The molecule has 0 aliphatic rings. The average molecular weight is 415 g/mol. The Hall–Kier alpha value is -3.04. The van der Waals surface area contributed by atoms with Crippen molar-refractivity contribution in [3.63, 3.8) is 0 Å². The maximum absolute atomic E-state index is 12.7. The standard InChI is InChI=1S/C19H21F4N3O3/c1-12(2)26(11-13-9-24-25(3)10-13)17(27)7-5-14-4-6-15(28-18(20)21)8-16(14)29-19(22)23/h4-10,12,18-19H,11H2,1-3H3/b7-5+. The van der Waals surface area contributed by atoms with Gasteiger partial charge in [-0.2, -0.15) is 22.7 Å². The molecule has 1 amide bonds. The van der Waals surface area contributed by atoms with Crippen LogP contribution in [-0.4, -0.2) is 39.9 Å². The maximum Gasteiger partial charge on any atom is 0.387 e. The molecule has 0 fully saturated rings. The van der Waals surface area contributed by atoms with Crippen molar-refractivity contribution in [1.82, 2.24) is 14.7 Å². The predicted octanol–water partition coefficient (Wildman–Crippen LogP) is 4.07. The fourth-order valence-electron chi connectivity index (χ4n) is 2.55. The van der Waals surface area contributed by atoms with Crippen LogP contribution in [-0.2, 0) is 18.4 Å². The Morgan fingerprint density at radius 2 is 1.90 bits per heavy atom. The highest BCUT2D eigenvalue weighted by molar-refractivity contribution is 5.92. The minimum atomic E-state index is -3.17. The van der Waals surface area contributed by atoms with Crippen LogP contribution in [0.15, 0.2) is 36.7 Å². The highest BCUT2D eigenvalue weighted by Crippen LogP contribution is 2.28. The Morgan fingerprint density at radius 3 is 2.45 bits per heavy atom. The lowest BCUT2D eigenvalue weighted by atomic mass is 10.1. The summed E-state index contributed by atoms with van der Waals surface area (Å²) in [6.45, 7) is -2.29. The van der Waals surface area contributed by atoms with Crippen molar-refractivity contribution >= 4 is 12.0 Å².